The van der Waals surface area contributed by atoms with E-state index < -0.39 is 4.92 Å². The summed E-state index contributed by atoms with van der Waals surface area (Å²) in [6.07, 6.45) is 3.91. The van der Waals surface area contributed by atoms with Crippen LogP contribution < -0.4 is 5.32 Å². The molecule has 0 spiro atoms. The molecule has 1 aromatic rings. The highest BCUT2D eigenvalue weighted by Gasteiger charge is 2.36. The van der Waals surface area contributed by atoms with Gasteiger partial charge >= 0.3 is 5.00 Å². The van der Waals surface area contributed by atoms with Crippen LogP contribution in [-0.4, -0.2) is 22.2 Å². The molecule has 20 heavy (non-hydrogen) atoms. The summed E-state index contributed by atoms with van der Waals surface area (Å²) in [7, 11) is 0. The second kappa shape index (κ2) is 6.10. The molecule has 1 aliphatic carbocycles. The first kappa shape index (κ1) is 15.3. The number of alkyl halides is 1. The molecule has 0 aromatic carbocycles. The number of halogens is 1. The monoisotopic (exact) mass is 316 g/mol. The number of carbonyl (C=O) groups excluding carboxylic acids is 1. The van der Waals surface area contributed by atoms with E-state index in [9.17, 15) is 14.9 Å². The van der Waals surface area contributed by atoms with Crippen molar-refractivity contribution < 1.29 is 9.72 Å². The summed E-state index contributed by atoms with van der Waals surface area (Å²) in [5.74, 6) is 0.634. The fourth-order valence-corrected chi connectivity index (χ4v) is 3.80. The molecule has 2 unspecified atom stereocenters. The first-order valence-corrected chi connectivity index (χ1v) is 7.93. The number of rotatable bonds is 4. The molecule has 110 valence electrons. The Kier molecular flexibility index (Phi) is 4.65. The van der Waals surface area contributed by atoms with Gasteiger partial charge in [-0.15, -0.1) is 11.6 Å². The Morgan fingerprint density at radius 2 is 2.40 bits per heavy atom. The fourth-order valence-electron chi connectivity index (χ4n) is 2.78. The van der Waals surface area contributed by atoms with Crippen molar-refractivity contribution >= 4 is 33.8 Å². The fraction of sp³-hybridized carbons (Fsp3) is 0.615. The van der Waals surface area contributed by atoms with E-state index >= 15 is 0 Å². The minimum absolute atomic E-state index is 0.0212. The van der Waals surface area contributed by atoms with Crippen molar-refractivity contribution in [2.24, 2.45) is 5.92 Å². The lowest BCUT2D eigenvalue weighted by atomic mass is 9.77. The largest absolute Gasteiger partial charge is 0.345 e. The highest BCUT2D eigenvalue weighted by molar-refractivity contribution is 7.17. The van der Waals surface area contributed by atoms with Crippen LogP contribution in [0.1, 0.15) is 42.3 Å². The van der Waals surface area contributed by atoms with E-state index in [1.807, 2.05) is 0 Å². The molecule has 1 N–H and O–H groups in total. The number of amides is 1. The molecule has 7 heteroatoms. The van der Waals surface area contributed by atoms with Gasteiger partial charge in [0.15, 0.2) is 0 Å². The average Bonchev–Trinajstić information content (AvgIpc) is 2.88. The third kappa shape index (κ3) is 3.30. The first-order chi connectivity index (χ1) is 9.46. The molecule has 1 amide bonds. The van der Waals surface area contributed by atoms with Gasteiger partial charge in [0.1, 0.15) is 0 Å². The van der Waals surface area contributed by atoms with Gasteiger partial charge in [-0.1, -0.05) is 31.1 Å². The summed E-state index contributed by atoms with van der Waals surface area (Å²) in [4.78, 5) is 22.8. The number of thiophene rings is 1. The molecule has 1 heterocycles. The number of nitro groups is 1. The third-order valence-corrected chi connectivity index (χ3v) is 5.27. The van der Waals surface area contributed by atoms with Crippen molar-refractivity contribution in [3.63, 3.8) is 0 Å². The van der Waals surface area contributed by atoms with E-state index in [-0.39, 0.29) is 16.4 Å². The van der Waals surface area contributed by atoms with Gasteiger partial charge < -0.3 is 5.32 Å². The maximum atomic E-state index is 12.2. The standard InChI is InChI=1S/C13H17ClN2O3S/c1-9-3-2-6-13(7-9,8-14)15-12(17)10-4-5-11(20-10)16(18)19/h4-5,9H,2-3,6-8H2,1H3,(H,15,17). The van der Waals surface area contributed by atoms with Crippen molar-refractivity contribution in [3.05, 3.63) is 27.1 Å². The van der Waals surface area contributed by atoms with E-state index in [0.29, 0.717) is 16.7 Å². The van der Waals surface area contributed by atoms with Gasteiger partial charge in [0, 0.05) is 11.9 Å². The Labute approximate surface area is 126 Å². The molecule has 1 aliphatic rings. The van der Waals surface area contributed by atoms with Crippen LogP contribution >= 0.6 is 22.9 Å². The normalized spacial score (nSPS) is 26.2. The van der Waals surface area contributed by atoms with Gasteiger partial charge in [0.2, 0.25) is 0 Å². The Balaban J connectivity index is 2.10. The van der Waals surface area contributed by atoms with E-state index in [1.165, 1.54) is 12.1 Å². The summed E-state index contributed by atoms with van der Waals surface area (Å²) >= 11 is 6.96. The molecule has 1 saturated carbocycles. The summed E-state index contributed by atoms with van der Waals surface area (Å²) in [6.45, 7) is 2.16. The van der Waals surface area contributed by atoms with Gasteiger partial charge in [-0.25, -0.2) is 0 Å². The predicted octanol–water partition coefficient (Wildman–Crippen LogP) is 3.57. The third-order valence-electron chi connectivity index (χ3n) is 3.72. The lowest BCUT2D eigenvalue weighted by Crippen LogP contribution is -2.52. The van der Waals surface area contributed by atoms with Gasteiger partial charge in [-0.3, -0.25) is 14.9 Å². The molecule has 0 bridgehead atoms. The van der Waals surface area contributed by atoms with Crippen LogP contribution in [0, 0.1) is 16.0 Å². The topological polar surface area (TPSA) is 72.2 Å². The zero-order valence-corrected chi connectivity index (χ0v) is 12.8. The number of nitrogens with zero attached hydrogens (tertiary/aromatic N) is 1. The van der Waals surface area contributed by atoms with Crippen molar-refractivity contribution in [2.75, 3.05) is 5.88 Å². The highest BCUT2D eigenvalue weighted by atomic mass is 35.5. The second-order valence-electron chi connectivity index (χ2n) is 5.46. The number of nitrogens with one attached hydrogen (secondary N) is 1. The van der Waals surface area contributed by atoms with Gasteiger partial charge in [-0.2, -0.15) is 0 Å². The van der Waals surface area contributed by atoms with Gasteiger partial charge in [-0.05, 0) is 24.8 Å². The number of carbonyl (C=O) groups is 1. The Morgan fingerprint density at radius 1 is 1.65 bits per heavy atom. The maximum absolute atomic E-state index is 12.2. The Morgan fingerprint density at radius 3 is 2.95 bits per heavy atom. The quantitative estimate of drug-likeness (QED) is 0.524. The lowest BCUT2D eigenvalue weighted by molar-refractivity contribution is -0.380. The molecule has 0 radical (unpaired) electrons. The molecule has 5 nitrogen and oxygen atoms in total. The molecular weight excluding hydrogens is 300 g/mol. The van der Waals surface area contributed by atoms with E-state index in [4.69, 9.17) is 11.6 Å². The van der Waals surface area contributed by atoms with Crippen LogP contribution in [0.5, 0.6) is 0 Å². The van der Waals surface area contributed by atoms with Gasteiger partial charge in [0.05, 0.1) is 15.3 Å². The maximum Gasteiger partial charge on any atom is 0.324 e. The Hall–Kier alpha value is -1.14. The van der Waals surface area contributed by atoms with Crippen LogP contribution in [0.25, 0.3) is 0 Å². The molecule has 1 aromatic heterocycles. The van der Waals surface area contributed by atoms with Crippen LogP contribution in [0.2, 0.25) is 0 Å². The summed E-state index contributed by atoms with van der Waals surface area (Å²) in [5.41, 5.74) is -0.380. The summed E-state index contributed by atoms with van der Waals surface area (Å²) in [6, 6.07) is 2.85. The predicted molar refractivity (Wildman–Crippen MR) is 79.5 cm³/mol. The van der Waals surface area contributed by atoms with Gasteiger partial charge in [0.25, 0.3) is 5.91 Å². The first-order valence-electron chi connectivity index (χ1n) is 6.58. The average molecular weight is 317 g/mol. The second-order valence-corrected chi connectivity index (χ2v) is 6.79. The summed E-state index contributed by atoms with van der Waals surface area (Å²) in [5, 5.41) is 13.6. The van der Waals surface area contributed by atoms with Crippen LogP contribution in [0.4, 0.5) is 5.00 Å². The molecule has 1 fully saturated rings. The van der Waals surface area contributed by atoms with Crippen molar-refractivity contribution in [3.8, 4) is 0 Å². The van der Waals surface area contributed by atoms with E-state index in [0.717, 1.165) is 37.0 Å². The van der Waals surface area contributed by atoms with E-state index in [2.05, 4.69) is 12.2 Å². The van der Waals surface area contributed by atoms with Crippen molar-refractivity contribution in [1.82, 2.24) is 5.32 Å². The molecule has 0 saturated heterocycles. The molecule has 2 rings (SSSR count). The van der Waals surface area contributed by atoms with Crippen LogP contribution in [0.15, 0.2) is 12.1 Å². The molecule has 0 aliphatic heterocycles. The zero-order valence-electron chi connectivity index (χ0n) is 11.2. The molecule has 2 atom stereocenters. The minimum atomic E-state index is -0.485. The number of hydrogen-bond acceptors (Lipinski definition) is 4. The lowest BCUT2D eigenvalue weighted by Gasteiger charge is -2.39. The van der Waals surface area contributed by atoms with E-state index in [1.54, 1.807) is 0 Å². The smallest absolute Gasteiger partial charge is 0.324 e. The highest BCUT2D eigenvalue weighted by Crippen LogP contribution is 2.34. The molecular formula is C13H17ClN2O3S. The van der Waals surface area contributed by atoms with Crippen LogP contribution in [-0.2, 0) is 0 Å². The SMILES string of the molecule is CC1CCCC(CCl)(NC(=O)c2ccc([N+](=O)[O-])s2)C1. The number of hydrogen-bond donors (Lipinski definition) is 1. The van der Waals surface area contributed by atoms with Crippen LogP contribution in [0.3, 0.4) is 0 Å². The van der Waals surface area contributed by atoms with Crippen molar-refractivity contribution in [2.45, 2.75) is 38.1 Å². The Bertz CT molecular complexity index is 519. The summed E-state index contributed by atoms with van der Waals surface area (Å²) < 4.78 is 0. The zero-order chi connectivity index (χ0) is 14.8. The van der Waals surface area contributed by atoms with Crippen molar-refractivity contribution in [1.29, 1.82) is 0 Å². The minimum Gasteiger partial charge on any atom is -0.345 e.